The van der Waals surface area contributed by atoms with Crippen molar-refractivity contribution >= 4 is 22.9 Å². The van der Waals surface area contributed by atoms with Crippen molar-refractivity contribution < 1.29 is 18.4 Å². The van der Waals surface area contributed by atoms with Gasteiger partial charge in [-0.15, -0.1) is 0 Å². The molecule has 0 bridgehead atoms. The van der Waals surface area contributed by atoms with Gasteiger partial charge in [0.2, 0.25) is 5.82 Å². The predicted octanol–water partition coefficient (Wildman–Crippen LogP) is 4.73. The maximum Gasteiger partial charge on any atom is 0.258 e. The summed E-state index contributed by atoms with van der Waals surface area (Å²) < 4.78 is 30.4. The van der Waals surface area contributed by atoms with Crippen molar-refractivity contribution in [2.24, 2.45) is 0 Å². The zero-order valence-corrected chi connectivity index (χ0v) is 19.8. The Morgan fingerprint density at radius 2 is 2.06 bits per heavy atom. The van der Waals surface area contributed by atoms with Gasteiger partial charge in [0.05, 0.1) is 31.4 Å². The fourth-order valence-electron chi connectivity index (χ4n) is 4.39. The van der Waals surface area contributed by atoms with Crippen molar-refractivity contribution in [2.45, 2.75) is 31.9 Å². The van der Waals surface area contributed by atoms with E-state index in [1.54, 1.807) is 19.2 Å². The van der Waals surface area contributed by atoms with Gasteiger partial charge in [-0.2, -0.15) is 4.98 Å². The van der Waals surface area contributed by atoms with E-state index in [9.17, 15) is 4.39 Å². The first-order valence-electron chi connectivity index (χ1n) is 11.2. The Morgan fingerprint density at radius 1 is 1.24 bits per heavy atom. The number of hydrogen-bond acceptors (Lipinski definition) is 6. The standard InChI is InChI=1S/C25H25FN4O3S/c1-15-21(24-28-23(29-33-24)16-8-10-18(26)11-9-16)22(17-5-3-6-19(13-17)31-2)27-25(34)30(15)14-20-7-4-12-32-20/h3,5-6,8-11,13,20,22H,4,7,12,14H2,1-2H3,(H,27,34). The van der Waals surface area contributed by atoms with E-state index in [2.05, 4.69) is 15.5 Å². The molecule has 2 aliphatic rings. The van der Waals surface area contributed by atoms with E-state index in [0.29, 0.717) is 28.9 Å². The minimum absolute atomic E-state index is 0.113. The van der Waals surface area contributed by atoms with Crippen molar-refractivity contribution in [3.05, 3.63) is 71.5 Å². The second-order valence-electron chi connectivity index (χ2n) is 8.33. The molecule has 2 unspecified atom stereocenters. The number of nitrogens with zero attached hydrogens (tertiary/aromatic N) is 3. The number of allylic oxidation sites excluding steroid dienone is 1. The van der Waals surface area contributed by atoms with Gasteiger partial charge in [0.1, 0.15) is 11.6 Å². The summed E-state index contributed by atoms with van der Waals surface area (Å²) in [4.78, 5) is 6.70. The van der Waals surface area contributed by atoms with Crippen LogP contribution < -0.4 is 10.1 Å². The fraction of sp³-hybridized carbons (Fsp3) is 0.320. The highest BCUT2D eigenvalue weighted by Gasteiger charge is 2.35. The number of rotatable bonds is 6. The molecule has 9 heteroatoms. The molecule has 0 saturated carbocycles. The van der Waals surface area contributed by atoms with Crippen molar-refractivity contribution in [1.29, 1.82) is 0 Å². The Labute approximate surface area is 202 Å². The molecule has 1 aromatic heterocycles. The van der Waals surface area contributed by atoms with Crippen LogP contribution in [0, 0.1) is 5.82 Å². The monoisotopic (exact) mass is 480 g/mol. The van der Waals surface area contributed by atoms with Crippen molar-refractivity contribution in [1.82, 2.24) is 20.4 Å². The van der Waals surface area contributed by atoms with Gasteiger partial charge in [-0.25, -0.2) is 4.39 Å². The van der Waals surface area contributed by atoms with Crippen LogP contribution in [0.25, 0.3) is 17.0 Å². The zero-order chi connectivity index (χ0) is 23.7. The van der Waals surface area contributed by atoms with Crippen molar-refractivity contribution in [2.75, 3.05) is 20.3 Å². The van der Waals surface area contributed by atoms with Crippen molar-refractivity contribution in [3.8, 4) is 17.1 Å². The smallest absolute Gasteiger partial charge is 0.258 e. The number of halogens is 1. The second kappa shape index (κ2) is 9.52. The summed E-state index contributed by atoms with van der Waals surface area (Å²) in [6, 6.07) is 13.5. The SMILES string of the molecule is COc1cccc(C2NC(=S)N(CC3CCCO3)C(C)=C2c2nc(-c3ccc(F)cc3)no2)c1. The quantitative estimate of drug-likeness (QED) is 0.508. The number of hydrogen-bond donors (Lipinski definition) is 1. The largest absolute Gasteiger partial charge is 0.497 e. The molecule has 176 valence electrons. The number of methoxy groups -OCH3 is 1. The minimum atomic E-state index is -0.320. The number of ether oxygens (including phenoxy) is 2. The average Bonchev–Trinajstić information content (AvgIpc) is 3.54. The maximum atomic E-state index is 13.4. The molecule has 0 aliphatic carbocycles. The molecule has 3 heterocycles. The van der Waals surface area contributed by atoms with Crippen molar-refractivity contribution in [3.63, 3.8) is 0 Å². The van der Waals surface area contributed by atoms with Gasteiger partial charge >= 0.3 is 0 Å². The molecule has 1 saturated heterocycles. The molecule has 2 aliphatic heterocycles. The molecule has 5 rings (SSSR count). The van der Waals surface area contributed by atoms with Gasteiger partial charge < -0.3 is 24.2 Å². The lowest BCUT2D eigenvalue weighted by atomic mass is 9.94. The van der Waals surface area contributed by atoms with Crippen LogP contribution in [-0.4, -0.2) is 46.5 Å². The topological polar surface area (TPSA) is 72.7 Å². The molecule has 34 heavy (non-hydrogen) atoms. The molecule has 0 spiro atoms. The van der Waals surface area contributed by atoms with Crippen LogP contribution in [0.3, 0.4) is 0 Å². The second-order valence-corrected chi connectivity index (χ2v) is 8.72. The van der Waals surface area contributed by atoms with Crippen LogP contribution in [0.5, 0.6) is 5.75 Å². The van der Waals surface area contributed by atoms with Crippen LogP contribution in [0.15, 0.2) is 58.8 Å². The van der Waals surface area contributed by atoms with Crippen LogP contribution >= 0.6 is 12.2 Å². The normalized spacial score (nSPS) is 20.6. The summed E-state index contributed by atoms with van der Waals surface area (Å²) >= 11 is 5.77. The number of nitrogens with one attached hydrogen (secondary N) is 1. The molecule has 7 nitrogen and oxygen atoms in total. The van der Waals surface area contributed by atoms with E-state index < -0.39 is 0 Å². The summed E-state index contributed by atoms with van der Waals surface area (Å²) in [6.07, 6.45) is 2.16. The van der Waals surface area contributed by atoms with Gasteiger partial charge in [-0.1, -0.05) is 17.3 Å². The molecule has 0 radical (unpaired) electrons. The Balaban J connectivity index is 1.57. The number of thiocarbonyl (C=S) groups is 1. The van der Waals surface area contributed by atoms with E-state index in [4.69, 9.17) is 26.2 Å². The first kappa shape index (κ1) is 22.5. The first-order valence-corrected chi connectivity index (χ1v) is 11.6. The lowest BCUT2D eigenvalue weighted by Gasteiger charge is -2.38. The third kappa shape index (κ3) is 4.41. The molecule has 2 atom stereocenters. The van der Waals surface area contributed by atoms with Gasteiger partial charge in [-0.3, -0.25) is 0 Å². The van der Waals surface area contributed by atoms with E-state index in [-0.39, 0.29) is 18.0 Å². The Kier molecular flexibility index (Phi) is 6.30. The third-order valence-electron chi connectivity index (χ3n) is 6.19. The number of benzene rings is 2. The van der Waals surface area contributed by atoms with Gasteiger partial charge in [-0.05, 0) is 73.9 Å². The van der Waals surface area contributed by atoms with Crippen LogP contribution in [0.4, 0.5) is 4.39 Å². The Morgan fingerprint density at radius 3 is 2.79 bits per heavy atom. The number of aromatic nitrogens is 2. The molecular weight excluding hydrogens is 455 g/mol. The average molecular weight is 481 g/mol. The van der Waals surface area contributed by atoms with Gasteiger partial charge in [0, 0.05) is 17.9 Å². The Bertz CT molecular complexity index is 1220. The summed E-state index contributed by atoms with van der Waals surface area (Å²) in [5.74, 6) is 1.18. The summed E-state index contributed by atoms with van der Waals surface area (Å²) in [6.45, 7) is 3.42. The van der Waals surface area contributed by atoms with E-state index in [1.807, 2.05) is 36.1 Å². The lowest BCUT2D eigenvalue weighted by Crippen LogP contribution is -2.48. The zero-order valence-electron chi connectivity index (χ0n) is 19.0. The van der Waals surface area contributed by atoms with Gasteiger partial charge in [0.25, 0.3) is 5.89 Å². The summed E-state index contributed by atoms with van der Waals surface area (Å²) in [5.41, 5.74) is 3.36. The fourth-order valence-corrected chi connectivity index (χ4v) is 4.72. The third-order valence-corrected chi connectivity index (χ3v) is 6.53. The van der Waals surface area contributed by atoms with Gasteiger partial charge in [0.15, 0.2) is 5.11 Å². The highest BCUT2D eigenvalue weighted by Crippen LogP contribution is 2.38. The minimum Gasteiger partial charge on any atom is -0.497 e. The molecule has 0 amide bonds. The van der Waals surface area contributed by atoms with Crippen LogP contribution in [-0.2, 0) is 4.74 Å². The summed E-state index contributed by atoms with van der Waals surface area (Å²) in [5, 5.41) is 8.23. The molecule has 1 N–H and O–H groups in total. The van der Waals surface area contributed by atoms with Crippen LogP contribution in [0.2, 0.25) is 0 Å². The molecular formula is C25H25FN4O3S. The summed E-state index contributed by atoms with van der Waals surface area (Å²) in [7, 11) is 1.64. The molecule has 2 aromatic carbocycles. The predicted molar refractivity (Wildman–Crippen MR) is 129 cm³/mol. The van der Waals surface area contributed by atoms with Crippen LogP contribution in [0.1, 0.15) is 37.3 Å². The van der Waals surface area contributed by atoms with E-state index >= 15 is 0 Å². The molecule has 3 aromatic rings. The highest BCUT2D eigenvalue weighted by atomic mass is 32.1. The Hall–Kier alpha value is -3.30. The maximum absolute atomic E-state index is 13.4. The molecule has 1 fully saturated rings. The lowest BCUT2D eigenvalue weighted by molar-refractivity contribution is 0.0962. The van der Waals surface area contributed by atoms with E-state index in [1.165, 1.54) is 12.1 Å². The first-order chi connectivity index (χ1) is 16.5. The highest BCUT2D eigenvalue weighted by molar-refractivity contribution is 7.80. The van der Waals surface area contributed by atoms with E-state index in [0.717, 1.165) is 42.0 Å².